The molecule has 2 rings (SSSR count). The van der Waals surface area contributed by atoms with E-state index in [9.17, 15) is 4.79 Å². The molecular weight excluding hydrogens is 240 g/mol. The van der Waals surface area contributed by atoms with E-state index < -0.39 is 0 Å². The fourth-order valence-corrected chi connectivity index (χ4v) is 2.39. The van der Waals surface area contributed by atoms with Crippen molar-refractivity contribution in [1.82, 2.24) is 5.32 Å². The number of ether oxygens (including phenoxy) is 1. The van der Waals surface area contributed by atoms with Crippen LogP contribution in [0, 0.1) is 0 Å². The van der Waals surface area contributed by atoms with Crippen LogP contribution in [0.3, 0.4) is 0 Å². The van der Waals surface area contributed by atoms with E-state index >= 15 is 0 Å². The van der Waals surface area contributed by atoms with E-state index in [-0.39, 0.29) is 12.0 Å². The highest BCUT2D eigenvalue weighted by molar-refractivity contribution is 5.95. The summed E-state index contributed by atoms with van der Waals surface area (Å²) >= 11 is 0. The molecule has 0 atom stereocenters. The third kappa shape index (κ3) is 3.63. The van der Waals surface area contributed by atoms with E-state index in [4.69, 9.17) is 10.5 Å². The van der Waals surface area contributed by atoms with E-state index in [1.807, 2.05) is 13.8 Å². The summed E-state index contributed by atoms with van der Waals surface area (Å²) in [7, 11) is 0. The predicted octanol–water partition coefficient (Wildman–Crippen LogP) is 2.73. The van der Waals surface area contributed by atoms with Crippen molar-refractivity contribution >= 4 is 11.6 Å². The van der Waals surface area contributed by atoms with Gasteiger partial charge in [-0.05, 0) is 44.9 Å². The molecule has 0 unspecified atom stereocenters. The lowest BCUT2D eigenvalue weighted by Crippen LogP contribution is -2.32. The van der Waals surface area contributed by atoms with Crippen molar-refractivity contribution in [2.24, 2.45) is 0 Å². The zero-order valence-corrected chi connectivity index (χ0v) is 11.6. The second-order valence-electron chi connectivity index (χ2n) is 5.37. The number of carbonyl (C=O) groups excluding carboxylic acids is 1. The van der Waals surface area contributed by atoms with Gasteiger partial charge in [0.15, 0.2) is 0 Å². The number of nitrogens with two attached hydrogens (primary N) is 1. The molecule has 0 aromatic heterocycles. The summed E-state index contributed by atoms with van der Waals surface area (Å²) < 4.78 is 5.56. The van der Waals surface area contributed by atoms with Gasteiger partial charge < -0.3 is 15.8 Å². The normalized spacial score (nSPS) is 15.7. The Morgan fingerprint density at radius 2 is 2.05 bits per heavy atom. The van der Waals surface area contributed by atoms with Gasteiger partial charge in [-0.15, -0.1) is 0 Å². The first-order chi connectivity index (χ1) is 9.06. The number of amides is 1. The first-order valence-electron chi connectivity index (χ1n) is 6.93. The lowest BCUT2D eigenvalue weighted by atomic mass is 10.1. The summed E-state index contributed by atoms with van der Waals surface area (Å²) in [5, 5.41) is 3.05. The summed E-state index contributed by atoms with van der Waals surface area (Å²) in [5.41, 5.74) is 7.02. The number of anilines is 1. The second kappa shape index (κ2) is 5.95. The van der Waals surface area contributed by atoms with Crippen molar-refractivity contribution in [2.75, 3.05) is 5.73 Å². The molecule has 0 bridgehead atoms. The molecule has 3 N–H and O–H groups in total. The molecule has 1 aromatic rings. The van der Waals surface area contributed by atoms with Gasteiger partial charge in [-0.1, -0.05) is 12.8 Å². The molecule has 0 heterocycles. The molecule has 1 saturated carbocycles. The predicted molar refractivity (Wildman–Crippen MR) is 76.3 cm³/mol. The SMILES string of the molecule is CC(C)Oc1ccc(C(=O)NC2CCCC2)cc1N. The molecule has 0 aliphatic heterocycles. The molecule has 19 heavy (non-hydrogen) atoms. The molecule has 1 aromatic carbocycles. The highest BCUT2D eigenvalue weighted by Gasteiger charge is 2.18. The maximum atomic E-state index is 12.1. The Balaban J connectivity index is 2.03. The molecule has 0 spiro atoms. The standard InChI is InChI=1S/C15H22N2O2/c1-10(2)19-14-8-7-11(9-13(14)16)15(18)17-12-5-3-4-6-12/h7-10,12H,3-6,16H2,1-2H3,(H,17,18). The van der Waals surface area contributed by atoms with Crippen LogP contribution in [0.5, 0.6) is 5.75 Å². The van der Waals surface area contributed by atoms with Gasteiger partial charge in [0, 0.05) is 11.6 Å². The Kier molecular flexibility index (Phi) is 4.30. The van der Waals surface area contributed by atoms with Crippen molar-refractivity contribution in [3.05, 3.63) is 23.8 Å². The number of hydrogen-bond donors (Lipinski definition) is 2. The van der Waals surface area contributed by atoms with Crippen LogP contribution in [0.4, 0.5) is 5.69 Å². The summed E-state index contributed by atoms with van der Waals surface area (Å²) in [4.78, 5) is 12.1. The van der Waals surface area contributed by atoms with Crippen LogP contribution in [0.1, 0.15) is 49.9 Å². The van der Waals surface area contributed by atoms with Crippen molar-refractivity contribution < 1.29 is 9.53 Å². The molecule has 1 amide bonds. The van der Waals surface area contributed by atoms with Crippen LogP contribution >= 0.6 is 0 Å². The van der Waals surface area contributed by atoms with Gasteiger partial charge in [0.1, 0.15) is 5.75 Å². The highest BCUT2D eigenvalue weighted by atomic mass is 16.5. The highest BCUT2D eigenvalue weighted by Crippen LogP contribution is 2.24. The number of nitrogens with one attached hydrogen (secondary N) is 1. The van der Waals surface area contributed by atoms with Gasteiger partial charge in [-0.25, -0.2) is 0 Å². The van der Waals surface area contributed by atoms with Gasteiger partial charge >= 0.3 is 0 Å². The third-order valence-corrected chi connectivity index (χ3v) is 3.33. The maximum Gasteiger partial charge on any atom is 0.251 e. The van der Waals surface area contributed by atoms with Crippen LogP contribution in [0.15, 0.2) is 18.2 Å². The summed E-state index contributed by atoms with van der Waals surface area (Å²) in [6, 6.07) is 5.53. The molecule has 104 valence electrons. The quantitative estimate of drug-likeness (QED) is 0.820. The van der Waals surface area contributed by atoms with Crippen LogP contribution < -0.4 is 15.8 Å². The van der Waals surface area contributed by atoms with Gasteiger partial charge in [0.2, 0.25) is 0 Å². The zero-order valence-electron chi connectivity index (χ0n) is 11.6. The van der Waals surface area contributed by atoms with Gasteiger partial charge in [0.05, 0.1) is 11.8 Å². The van der Waals surface area contributed by atoms with E-state index in [0.29, 0.717) is 23.0 Å². The number of carbonyl (C=O) groups is 1. The van der Waals surface area contributed by atoms with Gasteiger partial charge in [-0.2, -0.15) is 0 Å². The Labute approximate surface area is 114 Å². The summed E-state index contributed by atoms with van der Waals surface area (Å²) in [6.45, 7) is 3.89. The van der Waals surface area contributed by atoms with E-state index in [1.165, 1.54) is 12.8 Å². The molecule has 4 heteroatoms. The van der Waals surface area contributed by atoms with Crippen LogP contribution in [0.2, 0.25) is 0 Å². The van der Waals surface area contributed by atoms with E-state index in [0.717, 1.165) is 12.8 Å². The maximum absolute atomic E-state index is 12.1. The van der Waals surface area contributed by atoms with Gasteiger partial charge in [-0.3, -0.25) is 4.79 Å². The fourth-order valence-electron chi connectivity index (χ4n) is 2.39. The van der Waals surface area contributed by atoms with Crippen LogP contribution in [-0.2, 0) is 0 Å². The minimum absolute atomic E-state index is 0.0466. The largest absolute Gasteiger partial charge is 0.489 e. The van der Waals surface area contributed by atoms with Crippen LogP contribution in [-0.4, -0.2) is 18.1 Å². The smallest absolute Gasteiger partial charge is 0.251 e. The summed E-state index contributed by atoms with van der Waals surface area (Å²) in [5.74, 6) is 0.585. The Bertz CT molecular complexity index is 451. The zero-order chi connectivity index (χ0) is 13.8. The molecule has 1 aliphatic rings. The van der Waals surface area contributed by atoms with Gasteiger partial charge in [0.25, 0.3) is 5.91 Å². The molecule has 1 aliphatic carbocycles. The molecular formula is C15H22N2O2. The van der Waals surface area contributed by atoms with E-state index in [1.54, 1.807) is 18.2 Å². The Morgan fingerprint density at radius 1 is 1.37 bits per heavy atom. The number of nitrogen functional groups attached to an aromatic ring is 1. The molecule has 0 radical (unpaired) electrons. The second-order valence-corrected chi connectivity index (χ2v) is 5.37. The number of benzene rings is 1. The molecule has 4 nitrogen and oxygen atoms in total. The van der Waals surface area contributed by atoms with Crippen molar-refractivity contribution in [2.45, 2.75) is 51.7 Å². The monoisotopic (exact) mass is 262 g/mol. The van der Waals surface area contributed by atoms with E-state index in [2.05, 4.69) is 5.32 Å². The lowest BCUT2D eigenvalue weighted by molar-refractivity contribution is 0.0938. The number of hydrogen-bond acceptors (Lipinski definition) is 3. The molecule has 0 saturated heterocycles. The average molecular weight is 262 g/mol. The third-order valence-electron chi connectivity index (χ3n) is 3.33. The minimum Gasteiger partial charge on any atom is -0.489 e. The molecule has 1 fully saturated rings. The lowest BCUT2D eigenvalue weighted by Gasteiger charge is -2.15. The summed E-state index contributed by atoms with van der Waals surface area (Å²) in [6.07, 6.45) is 4.63. The fraction of sp³-hybridized carbons (Fsp3) is 0.533. The van der Waals surface area contributed by atoms with Crippen molar-refractivity contribution in [3.63, 3.8) is 0 Å². The van der Waals surface area contributed by atoms with Crippen molar-refractivity contribution in [3.8, 4) is 5.75 Å². The Hall–Kier alpha value is -1.71. The topological polar surface area (TPSA) is 64.3 Å². The minimum atomic E-state index is -0.0466. The first kappa shape index (κ1) is 13.7. The van der Waals surface area contributed by atoms with Crippen molar-refractivity contribution in [1.29, 1.82) is 0 Å². The Morgan fingerprint density at radius 3 is 2.63 bits per heavy atom. The first-order valence-corrected chi connectivity index (χ1v) is 6.93. The van der Waals surface area contributed by atoms with Crippen LogP contribution in [0.25, 0.3) is 0 Å². The average Bonchev–Trinajstić information content (AvgIpc) is 2.84. The number of rotatable bonds is 4.